The molecule has 0 radical (unpaired) electrons. The van der Waals surface area contributed by atoms with Crippen LogP contribution in [0.15, 0.2) is 36.5 Å². The molecule has 2 aromatic rings. The van der Waals surface area contributed by atoms with Crippen molar-refractivity contribution < 1.29 is 4.79 Å². The second-order valence-corrected chi connectivity index (χ2v) is 5.17. The van der Waals surface area contributed by atoms with E-state index in [2.05, 4.69) is 10.3 Å². The van der Waals surface area contributed by atoms with Crippen molar-refractivity contribution in [2.75, 3.05) is 17.3 Å². The summed E-state index contributed by atoms with van der Waals surface area (Å²) in [6.07, 6.45) is 2.22. The zero-order valence-corrected chi connectivity index (χ0v) is 11.8. The molecule has 0 atom stereocenters. The Morgan fingerprint density at radius 2 is 2.20 bits per heavy atom. The fourth-order valence-electron chi connectivity index (χ4n) is 2.35. The van der Waals surface area contributed by atoms with E-state index in [1.54, 1.807) is 11.1 Å². The predicted octanol–water partition coefficient (Wildman–Crippen LogP) is 2.87. The molecule has 5 heteroatoms. The third kappa shape index (κ3) is 2.34. The number of nitrogens with zero attached hydrogens (tertiary/aromatic N) is 2. The Hall–Kier alpha value is -2.07. The molecule has 4 nitrogen and oxygen atoms in total. The highest BCUT2D eigenvalue weighted by atomic mass is 35.5. The minimum atomic E-state index is 0.0972. The molecule has 2 heterocycles. The van der Waals surface area contributed by atoms with Crippen LogP contribution >= 0.6 is 11.6 Å². The zero-order valence-electron chi connectivity index (χ0n) is 11.1. The largest absolute Gasteiger partial charge is 0.373 e. The van der Waals surface area contributed by atoms with Crippen molar-refractivity contribution in [2.24, 2.45) is 0 Å². The summed E-state index contributed by atoms with van der Waals surface area (Å²) in [5, 5.41) is 3.62. The first-order valence-corrected chi connectivity index (χ1v) is 6.76. The van der Waals surface area contributed by atoms with E-state index in [0.29, 0.717) is 18.0 Å². The number of halogens is 1. The highest BCUT2D eigenvalue weighted by Gasteiger charge is 2.27. The highest BCUT2D eigenvalue weighted by molar-refractivity contribution is 6.31. The van der Waals surface area contributed by atoms with Crippen molar-refractivity contribution in [3.63, 3.8) is 0 Å². The summed E-state index contributed by atoms with van der Waals surface area (Å²) < 4.78 is 0. The quantitative estimate of drug-likeness (QED) is 0.944. The van der Waals surface area contributed by atoms with Gasteiger partial charge in [0.15, 0.2) is 0 Å². The average molecular weight is 288 g/mol. The van der Waals surface area contributed by atoms with Gasteiger partial charge in [-0.25, -0.2) is 4.98 Å². The molecule has 3 rings (SSSR count). The molecule has 0 saturated heterocycles. The van der Waals surface area contributed by atoms with E-state index in [9.17, 15) is 4.79 Å². The number of hydrogen-bond donors (Lipinski definition) is 1. The fourth-order valence-corrected chi connectivity index (χ4v) is 2.52. The average Bonchev–Trinajstić information content (AvgIpc) is 2.76. The monoisotopic (exact) mass is 287 g/mol. The Balaban J connectivity index is 1.87. The third-order valence-electron chi connectivity index (χ3n) is 3.40. The fraction of sp³-hybridized carbons (Fsp3) is 0.200. The van der Waals surface area contributed by atoms with Gasteiger partial charge < -0.3 is 10.2 Å². The molecule has 1 N–H and O–H groups in total. The summed E-state index contributed by atoms with van der Waals surface area (Å²) in [5.41, 5.74) is 2.92. The van der Waals surface area contributed by atoms with Gasteiger partial charge in [-0.1, -0.05) is 23.7 Å². The predicted molar refractivity (Wildman–Crippen MR) is 80.1 cm³/mol. The van der Waals surface area contributed by atoms with E-state index in [1.807, 2.05) is 37.4 Å². The molecule has 0 spiro atoms. The molecule has 102 valence electrons. The number of pyridine rings is 1. The molecule has 1 aliphatic rings. The van der Waals surface area contributed by atoms with Gasteiger partial charge in [-0.05, 0) is 29.3 Å². The Bertz CT molecular complexity index is 655. The number of benzene rings is 1. The van der Waals surface area contributed by atoms with Gasteiger partial charge in [0.1, 0.15) is 5.82 Å². The van der Waals surface area contributed by atoms with Crippen LogP contribution in [0.5, 0.6) is 0 Å². The molecule has 0 saturated carbocycles. The Morgan fingerprint density at radius 1 is 1.35 bits per heavy atom. The normalized spacial score (nSPS) is 13.5. The summed E-state index contributed by atoms with van der Waals surface area (Å²) in [6, 6.07) is 9.44. The first-order valence-electron chi connectivity index (χ1n) is 6.39. The van der Waals surface area contributed by atoms with Crippen LogP contribution in [0.25, 0.3) is 0 Å². The number of hydrogen-bond acceptors (Lipinski definition) is 3. The van der Waals surface area contributed by atoms with E-state index >= 15 is 0 Å². The number of carbonyl (C=O) groups is 1. The lowest BCUT2D eigenvalue weighted by atomic mass is 10.2. The summed E-state index contributed by atoms with van der Waals surface area (Å²) in [4.78, 5) is 18.1. The van der Waals surface area contributed by atoms with Crippen molar-refractivity contribution in [1.29, 1.82) is 0 Å². The molecule has 1 aliphatic heterocycles. The number of anilines is 2. The zero-order chi connectivity index (χ0) is 14.1. The standard InChI is InChI=1S/C15H14ClN3O/c1-17-14-5-2-10(8-18-14)9-19-13-7-12(16)4-3-11(13)6-15(19)20/h2-5,7-8H,6,9H2,1H3,(H,17,18). The van der Waals surface area contributed by atoms with Crippen LogP contribution in [-0.4, -0.2) is 17.9 Å². The number of rotatable bonds is 3. The number of nitrogens with one attached hydrogen (secondary N) is 1. The summed E-state index contributed by atoms with van der Waals surface area (Å²) in [5.74, 6) is 0.907. The van der Waals surface area contributed by atoms with Gasteiger partial charge in [-0.2, -0.15) is 0 Å². The van der Waals surface area contributed by atoms with Crippen molar-refractivity contribution in [2.45, 2.75) is 13.0 Å². The van der Waals surface area contributed by atoms with Gasteiger partial charge in [-0.15, -0.1) is 0 Å². The number of amides is 1. The van der Waals surface area contributed by atoms with Gasteiger partial charge in [0.05, 0.1) is 13.0 Å². The van der Waals surface area contributed by atoms with Crippen molar-refractivity contribution in [3.05, 3.63) is 52.7 Å². The van der Waals surface area contributed by atoms with Gasteiger partial charge >= 0.3 is 0 Å². The molecule has 1 aromatic carbocycles. The lowest BCUT2D eigenvalue weighted by Crippen LogP contribution is -2.26. The minimum Gasteiger partial charge on any atom is -0.373 e. The Morgan fingerprint density at radius 3 is 2.90 bits per heavy atom. The topological polar surface area (TPSA) is 45.2 Å². The Kier molecular flexibility index (Phi) is 3.32. The molecule has 0 aliphatic carbocycles. The molecular formula is C15H14ClN3O. The second-order valence-electron chi connectivity index (χ2n) is 4.73. The minimum absolute atomic E-state index is 0.0972. The van der Waals surface area contributed by atoms with E-state index in [1.165, 1.54) is 0 Å². The summed E-state index contributed by atoms with van der Waals surface area (Å²) >= 11 is 6.02. The number of carbonyl (C=O) groups excluding carboxylic acids is 1. The maximum Gasteiger partial charge on any atom is 0.231 e. The van der Waals surface area contributed by atoms with Crippen LogP contribution in [0.1, 0.15) is 11.1 Å². The third-order valence-corrected chi connectivity index (χ3v) is 3.64. The van der Waals surface area contributed by atoms with Crippen LogP contribution < -0.4 is 10.2 Å². The summed E-state index contributed by atoms with van der Waals surface area (Å²) in [6.45, 7) is 0.517. The Labute approximate surface area is 122 Å². The second kappa shape index (κ2) is 5.13. The maximum absolute atomic E-state index is 12.1. The molecular weight excluding hydrogens is 274 g/mol. The molecule has 0 unspecified atom stereocenters. The lowest BCUT2D eigenvalue weighted by Gasteiger charge is -2.17. The van der Waals surface area contributed by atoms with Crippen molar-refractivity contribution >= 4 is 29.0 Å². The molecule has 0 bridgehead atoms. The summed E-state index contributed by atoms with van der Waals surface area (Å²) in [7, 11) is 1.82. The van der Waals surface area contributed by atoms with Crippen LogP contribution in [-0.2, 0) is 17.8 Å². The molecule has 1 aromatic heterocycles. The molecule has 0 fully saturated rings. The van der Waals surface area contributed by atoms with E-state index in [4.69, 9.17) is 11.6 Å². The van der Waals surface area contributed by atoms with Crippen LogP contribution in [0, 0.1) is 0 Å². The number of fused-ring (bicyclic) bond motifs is 1. The molecule has 20 heavy (non-hydrogen) atoms. The smallest absolute Gasteiger partial charge is 0.231 e. The molecule has 1 amide bonds. The van der Waals surface area contributed by atoms with Crippen LogP contribution in [0.2, 0.25) is 5.02 Å². The van der Waals surface area contributed by atoms with E-state index < -0.39 is 0 Å². The number of aromatic nitrogens is 1. The van der Waals surface area contributed by atoms with Gasteiger partial charge in [-0.3, -0.25) is 4.79 Å². The SMILES string of the molecule is CNc1ccc(CN2C(=O)Cc3ccc(Cl)cc32)cn1. The highest BCUT2D eigenvalue weighted by Crippen LogP contribution is 2.32. The first-order chi connectivity index (χ1) is 9.67. The van der Waals surface area contributed by atoms with Gasteiger partial charge in [0.2, 0.25) is 5.91 Å². The lowest BCUT2D eigenvalue weighted by molar-refractivity contribution is -0.117. The van der Waals surface area contributed by atoms with E-state index in [0.717, 1.165) is 22.6 Å². The van der Waals surface area contributed by atoms with Gasteiger partial charge in [0.25, 0.3) is 0 Å². The van der Waals surface area contributed by atoms with Crippen molar-refractivity contribution in [3.8, 4) is 0 Å². The van der Waals surface area contributed by atoms with Crippen LogP contribution in [0.4, 0.5) is 11.5 Å². The van der Waals surface area contributed by atoms with Crippen LogP contribution in [0.3, 0.4) is 0 Å². The van der Waals surface area contributed by atoms with Crippen molar-refractivity contribution in [1.82, 2.24) is 4.98 Å². The first kappa shape index (κ1) is 12.9. The van der Waals surface area contributed by atoms with Gasteiger partial charge in [0, 0.05) is 24.0 Å². The maximum atomic E-state index is 12.1. The van der Waals surface area contributed by atoms with E-state index in [-0.39, 0.29) is 5.91 Å².